The number of likely N-dealkylation sites (N-methyl/N-ethyl adjacent to an activating group) is 1. The Morgan fingerprint density at radius 3 is 2.32 bits per heavy atom. The van der Waals surface area contributed by atoms with E-state index in [1.807, 2.05) is 63.2 Å². The summed E-state index contributed by atoms with van der Waals surface area (Å²) in [5.74, 6) is 0.0921. The summed E-state index contributed by atoms with van der Waals surface area (Å²) in [4.78, 5) is 25.9. The van der Waals surface area contributed by atoms with Crippen LogP contribution in [0.25, 0.3) is 0 Å². The second-order valence-corrected chi connectivity index (χ2v) is 6.12. The zero-order valence-electron chi connectivity index (χ0n) is 15.2. The van der Waals surface area contributed by atoms with Gasteiger partial charge in [0.2, 0.25) is 11.8 Å². The molecular weight excluding hydrogens is 312 g/mol. The maximum atomic E-state index is 12.4. The topological polar surface area (TPSA) is 49.4 Å². The summed E-state index contributed by atoms with van der Waals surface area (Å²) in [6.45, 7) is 7.00. The van der Waals surface area contributed by atoms with Crippen LogP contribution < -0.4 is 10.2 Å². The van der Waals surface area contributed by atoms with Crippen molar-refractivity contribution in [1.82, 2.24) is 5.32 Å². The molecule has 0 aliphatic carbocycles. The second-order valence-electron chi connectivity index (χ2n) is 6.12. The highest BCUT2D eigenvalue weighted by atomic mass is 16.2. The zero-order valence-corrected chi connectivity index (χ0v) is 15.2. The van der Waals surface area contributed by atoms with Gasteiger partial charge in [-0.3, -0.25) is 9.59 Å². The number of carbonyl (C=O) groups is 2. The smallest absolute Gasteiger partial charge is 0.227 e. The van der Waals surface area contributed by atoms with E-state index in [2.05, 4.69) is 11.4 Å². The number of aryl methyl sites for hydroxylation is 1. The van der Waals surface area contributed by atoms with Crippen LogP contribution in [0.5, 0.6) is 0 Å². The zero-order chi connectivity index (χ0) is 18.2. The molecule has 0 saturated carbocycles. The number of amides is 2. The van der Waals surface area contributed by atoms with E-state index in [0.717, 1.165) is 16.8 Å². The van der Waals surface area contributed by atoms with E-state index in [9.17, 15) is 9.59 Å². The third-order valence-electron chi connectivity index (χ3n) is 4.01. The Bertz CT molecular complexity index is 723. The normalized spacial score (nSPS) is 10.4. The predicted molar refractivity (Wildman–Crippen MR) is 101 cm³/mol. The van der Waals surface area contributed by atoms with Crippen LogP contribution in [0.2, 0.25) is 0 Å². The summed E-state index contributed by atoms with van der Waals surface area (Å²) in [6, 6.07) is 15.8. The van der Waals surface area contributed by atoms with Gasteiger partial charge in [0.25, 0.3) is 0 Å². The quantitative estimate of drug-likeness (QED) is 0.838. The van der Waals surface area contributed by atoms with Gasteiger partial charge in [0.05, 0.1) is 13.0 Å². The maximum Gasteiger partial charge on any atom is 0.227 e. The van der Waals surface area contributed by atoms with Crippen LogP contribution in [0.15, 0.2) is 48.5 Å². The van der Waals surface area contributed by atoms with E-state index in [0.29, 0.717) is 25.9 Å². The Labute approximate surface area is 149 Å². The van der Waals surface area contributed by atoms with Crippen LogP contribution in [-0.2, 0) is 22.6 Å². The van der Waals surface area contributed by atoms with Gasteiger partial charge in [-0.2, -0.15) is 0 Å². The van der Waals surface area contributed by atoms with Crippen molar-refractivity contribution in [1.29, 1.82) is 0 Å². The average molecular weight is 338 g/mol. The molecule has 132 valence electrons. The number of hydrogen-bond donors (Lipinski definition) is 1. The van der Waals surface area contributed by atoms with Crippen molar-refractivity contribution in [2.24, 2.45) is 0 Å². The van der Waals surface area contributed by atoms with Crippen molar-refractivity contribution < 1.29 is 9.59 Å². The van der Waals surface area contributed by atoms with E-state index < -0.39 is 0 Å². The van der Waals surface area contributed by atoms with Gasteiger partial charge in [-0.25, -0.2) is 0 Å². The molecule has 0 radical (unpaired) electrons. The van der Waals surface area contributed by atoms with Crippen LogP contribution in [0.1, 0.15) is 37.0 Å². The van der Waals surface area contributed by atoms with E-state index in [1.54, 1.807) is 4.90 Å². The van der Waals surface area contributed by atoms with Gasteiger partial charge in [0, 0.05) is 18.7 Å². The predicted octanol–water partition coefficient (Wildman–Crippen LogP) is 3.62. The van der Waals surface area contributed by atoms with Crippen LogP contribution in [0.4, 0.5) is 5.69 Å². The van der Waals surface area contributed by atoms with Crippen molar-refractivity contribution >= 4 is 17.5 Å². The first kappa shape index (κ1) is 18.7. The monoisotopic (exact) mass is 338 g/mol. The molecular formula is C21H26N2O2. The van der Waals surface area contributed by atoms with Crippen molar-refractivity contribution in [3.63, 3.8) is 0 Å². The third kappa shape index (κ3) is 5.45. The molecule has 2 rings (SSSR count). The highest BCUT2D eigenvalue weighted by Gasteiger charge is 2.15. The lowest BCUT2D eigenvalue weighted by Gasteiger charge is -2.23. The Morgan fingerprint density at radius 1 is 1.00 bits per heavy atom. The minimum Gasteiger partial charge on any atom is -0.356 e. The number of hydrogen-bond acceptors (Lipinski definition) is 2. The maximum absolute atomic E-state index is 12.4. The van der Waals surface area contributed by atoms with Gasteiger partial charge in [-0.15, -0.1) is 0 Å². The van der Waals surface area contributed by atoms with Crippen LogP contribution in [-0.4, -0.2) is 18.4 Å². The second kappa shape index (κ2) is 9.02. The third-order valence-corrected chi connectivity index (χ3v) is 4.01. The summed E-state index contributed by atoms with van der Waals surface area (Å²) in [5.41, 5.74) is 4.08. The summed E-state index contributed by atoms with van der Waals surface area (Å²) >= 11 is 0. The fraction of sp³-hybridized carbons (Fsp3) is 0.333. The lowest BCUT2D eigenvalue weighted by atomic mass is 10.1. The molecule has 4 nitrogen and oxygen atoms in total. The molecule has 0 heterocycles. The van der Waals surface area contributed by atoms with Crippen molar-refractivity contribution in [3.05, 3.63) is 65.2 Å². The number of benzene rings is 2. The highest BCUT2D eigenvalue weighted by Crippen LogP contribution is 2.20. The molecule has 0 aliphatic heterocycles. The summed E-state index contributed by atoms with van der Waals surface area (Å²) in [6.07, 6.45) is 0.806. The molecule has 0 unspecified atom stereocenters. The molecule has 0 bridgehead atoms. The fourth-order valence-electron chi connectivity index (χ4n) is 2.75. The molecule has 4 heteroatoms. The minimum absolute atomic E-state index is 0.0106. The van der Waals surface area contributed by atoms with Gasteiger partial charge in [0.15, 0.2) is 0 Å². The molecule has 0 aromatic heterocycles. The molecule has 0 atom stereocenters. The molecule has 0 fully saturated rings. The summed E-state index contributed by atoms with van der Waals surface area (Å²) < 4.78 is 0. The van der Waals surface area contributed by atoms with Gasteiger partial charge in [-0.1, -0.05) is 48.9 Å². The first-order valence-corrected chi connectivity index (χ1v) is 8.75. The first-order valence-electron chi connectivity index (χ1n) is 8.75. The fourth-order valence-corrected chi connectivity index (χ4v) is 2.75. The Hall–Kier alpha value is -2.62. The molecule has 0 spiro atoms. The minimum atomic E-state index is 0.0106. The molecule has 2 amide bonds. The molecule has 25 heavy (non-hydrogen) atoms. The summed E-state index contributed by atoms with van der Waals surface area (Å²) in [7, 11) is 0. The largest absolute Gasteiger partial charge is 0.356 e. The number of rotatable bonds is 7. The molecule has 1 N–H and O–H groups in total. The number of nitrogens with zero attached hydrogens (tertiary/aromatic N) is 1. The standard InChI is InChI=1S/C21H26N2O2/c1-4-21(25)23(15-18-8-6-7-16(3)13-18)19-11-9-17(10-12-19)14-20(24)22-5-2/h6-13H,4-5,14-15H2,1-3H3,(H,22,24). The van der Waals surface area contributed by atoms with Crippen LogP contribution >= 0.6 is 0 Å². The lowest BCUT2D eigenvalue weighted by Crippen LogP contribution is -2.29. The van der Waals surface area contributed by atoms with E-state index >= 15 is 0 Å². The van der Waals surface area contributed by atoms with Crippen molar-refractivity contribution in [3.8, 4) is 0 Å². The van der Waals surface area contributed by atoms with Gasteiger partial charge < -0.3 is 10.2 Å². The number of nitrogens with one attached hydrogen (secondary N) is 1. The van der Waals surface area contributed by atoms with Crippen molar-refractivity contribution in [2.45, 2.75) is 40.2 Å². The van der Waals surface area contributed by atoms with Gasteiger partial charge >= 0.3 is 0 Å². The first-order chi connectivity index (χ1) is 12.0. The van der Waals surface area contributed by atoms with Crippen LogP contribution in [0.3, 0.4) is 0 Å². The summed E-state index contributed by atoms with van der Waals surface area (Å²) in [5, 5.41) is 2.79. The average Bonchev–Trinajstić information content (AvgIpc) is 2.60. The number of carbonyl (C=O) groups excluding carboxylic acids is 2. The van der Waals surface area contributed by atoms with Crippen molar-refractivity contribution in [2.75, 3.05) is 11.4 Å². The molecule has 2 aromatic rings. The Morgan fingerprint density at radius 2 is 1.72 bits per heavy atom. The van der Waals surface area contributed by atoms with E-state index in [4.69, 9.17) is 0 Å². The molecule has 0 saturated heterocycles. The Kier molecular flexibility index (Phi) is 6.75. The van der Waals surface area contributed by atoms with Gasteiger partial charge in [0.1, 0.15) is 0 Å². The SMILES string of the molecule is CCNC(=O)Cc1ccc(N(Cc2cccc(C)c2)C(=O)CC)cc1. The van der Waals surface area contributed by atoms with Crippen LogP contribution in [0, 0.1) is 6.92 Å². The van der Waals surface area contributed by atoms with E-state index in [-0.39, 0.29) is 11.8 Å². The van der Waals surface area contributed by atoms with E-state index in [1.165, 1.54) is 5.56 Å². The molecule has 0 aliphatic rings. The van der Waals surface area contributed by atoms with Gasteiger partial charge in [-0.05, 0) is 37.1 Å². The highest BCUT2D eigenvalue weighted by molar-refractivity contribution is 5.93. The number of anilines is 1. The lowest BCUT2D eigenvalue weighted by molar-refractivity contribution is -0.120. The Balaban J connectivity index is 2.17. The molecule has 2 aromatic carbocycles.